The molecule has 1 atom stereocenters. The summed E-state index contributed by atoms with van der Waals surface area (Å²) in [5.41, 5.74) is 1.29. The Labute approximate surface area is 170 Å². The summed E-state index contributed by atoms with van der Waals surface area (Å²) in [7, 11) is 1.90. The number of hydrogen-bond acceptors (Lipinski definition) is 7. The van der Waals surface area contributed by atoms with E-state index in [9.17, 15) is 18.3 Å². The van der Waals surface area contributed by atoms with Crippen LogP contribution < -0.4 is 15.1 Å². The molecule has 1 aliphatic rings. The highest BCUT2D eigenvalue weighted by Crippen LogP contribution is 2.36. The molecule has 0 spiro atoms. The first-order valence-electron chi connectivity index (χ1n) is 9.19. The Morgan fingerprint density at radius 2 is 1.87 bits per heavy atom. The fourth-order valence-electron chi connectivity index (χ4n) is 3.29. The molecule has 1 aromatic carbocycles. The first kappa shape index (κ1) is 19.9. The zero-order valence-corrected chi connectivity index (χ0v) is 16.0. The van der Waals surface area contributed by atoms with Gasteiger partial charge in [-0.3, -0.25) is 0 Å². The average molecular weight is 416 g/mol. The fourth-order valence-corrected chi connectivity index (χ4v) is 3.29. The molecule has 2 N–H and O–H groups in total. The number of halogens is 3. The molecule has 1 unspecified atom stereocenters. The highest BCUT2D eigenvalue weighted by atomic mass is 19.4. The molecule has 0 radical (unpaired) electrons. The van der Waals surface area contributed by atoms with Gasteiger partial charge < -0.3 is 20.2 Å². The fraction of sp³-hybridized carbons (Fsp3) is 0.250. The Hall–Kier alpha value is -3.40. The van der Waals surface area contributed by atoms with Gasteiger partial charge in [-0.05, 0) is 24.3 Å². The van der Waals surface area contributed by atoms with Crippen molar-refractivity contribution in [2.45, 2.75) is 12.5 Å². The lowest BCUT2D eigenvalue weighted by Crippen LogP contribution is -2.48. The van der Waals surface area contributed by atoms with E-state index in [-0.39, 0.29) is 0 Å². The number of fused-ring (bicyclic) bond motifs is 1. The van der Waals surface area contributed by atoms with E-state index >= 15 is 0 Å². The van der Waals surface area contributed by atoms with Gasteiger partial charge in [-0.2, -0.15) is 13.2 Å². The monoisotopic (exact) mass is 416 g/mol. The molecule has 0 bridgehead atoms. The number of aromatic nitrogens is 3. The van der Waals surface area contributed by atoms with Crippen molar-refractivity contribution in [2.24, 2.45) is 0 Å². The second-order valence-electron chi connectivity index (χ2n) is 6.88. The Morgan fingerprint density at radius 1 is 1.10 bits per heavy atom. The summed E-state index contributed by atoms with van der Waals surface area (Å²) in [5.74, 6) is 0.468. The maximum Gasteiger partial charge on any atom is 0.416 e. The highest BCUT2D eigenvalue weighted by molar-refractivity contribution is 5.74. The van der Waals surface area contributed by atoms with Crippen LogP contribution in [-0.2, 0) is 6.18 Å². The average Bonchev–Trinajstić information content (AvgIpc) is 2.74. The van der Waals surface area contributed by atoms with Crippen molar-refractivity contribution >= 4 is 17.2 Å². The number of likely N-dealkylation sites (N-methyl/N-ethyl adjacent to an activating group) is 1. The van der Waals surface area contributed by atoms with Gasteiger partial charge in [-0.1, -0.05) is 12.1 Å². The van der Waals surface area contributed by atoms with Crippen LogP contribution in [-0.4, -0.2) is 46.5 Å². The lowest BCUT2D eigenvalue weighted by Gasteiger charge is -2.38. The Morgan fingerprint density at radius 3 is 2.60 bits per heavy atom. The van der Waals surface area contributed by atoms with Gasteiger partial charge in [0.2, 0.25) is 6.35 Å². The van der Waals surface area contributed by atoms with Crippen molar-refractivity contribution in [2.75, 3.05) is 35.3 Å². The zero-order chi connectivity index (χ0) is 21.3. The number of hydrogen-bond donors (Lipinski definition) is 2. The summed E-state index contributed by atoms with van der Waals surface area (Å²) in [6, 6.07) is 8.51. The summed E-state index contributed by atoms with van der Waals surface area (Å²) in [6.45, 7) is 1.10. The molecule has 10 heteroatoms. The number of pyridine rings is 1. The van der Waals surface area contributed by atoms with Crippen LogP contribution in [0.4, 0.5) is 30.4 Å². The zero-order valence-electron chi connectivity index (χ0n) is 16.0. The van der Waals surface area contributed by atoms with Gasteiger partial charge in [0.15, 0.2) is 5.82 Å². The van der Waals surface area contributed by atoms with Crippen LogP contribution in [0.2, 0.25) is 0 Å². The molecule has 4 rings (SSSR count). The second-order valence-corrected chi connectivity index (χ2v) is 6.88. The van der Waals surface area contributed by atoms with Gasteiger partial charge in [-0.25, -0.2) is 15.0 Å². The van der Waals surface area contributed by atoms with Crippen molar-refractivity contribution in [3.8, 4) is 11.3 Å². The van der Waals surface area contributed by atoms with Crippen LogP contribution >= 0.6 is 0 Å². The van der Waals surface area contributed by atoms with Gasteiger partial charge in [0.05, 0.1) is 35.0 Å². The lowest BCUT2D eigenvalue weighted by molar-refractivity contribution is -0.137. The molecule has 0 saturated heterocycles. The normalized spacial score (nSPS) is 15.0. The molecule has 0 fully saturated rings. The van der Waals surface area contributed by atoms with E-state index in [2.05, 4.69) is 20.3 Å². The van der Waals surface area contributed by atoms with Crippen LogP contribution in [0, 0.1) is 0 Å². The first-order chi connectivity index (χ1) is 14.3. The standard InChI is InChI=1S/C20H19F3N6O/c1-28-7-8-29(19(30)26-15-10-24-12-25-11-15)18-17(28)6-5-16(27-18)13-3-2-4-14(9-13)20(21,22)23/h2-6,9-12,19,26,30H,7-8H2,1H3. The summed E-state index contributed by atoms with van der Waals surface area (Å²) in [5, 5.41) is 13.6. The molecule has 30 heavy (non-hydrogen) atoms. The maximum absolute atomic E-state index is 13.1. The number of nitrogens with zero attached hydrogens (tertiary/aromatic N) is 5. The summed E-state index contributed by atoms with van der Waals surface area (Å²) in [4.78, 5) is 16.0. The highest BCUT2D eigenvalue weighted by Gasteiger charge is 2.31. The van der Waals surface area contributed by atoms with Crippen molar-refractivity contribution in [3.05, 3.63) is 60.7 Å². The number of benzene rings is 1. The minimum Gasteiger partial charge on any atom is -0.370 e. The van der Waals surface area contributed by atoms with Crippen LogP contribution in [0.15, 0.2) is 55.1 Å². The van der Waals surface area contributed by atoms with Crippen molar-refractivity contribution < 1.29 is 18.3 Å². The molecule has 2 aromatic heterocycles. The molecule has 156 valence electrons. The third kappa shape index (κ3) is 3.99. The van der Waals surface area contributed by atoms with Gasteiger partial charge in [-0.15, -0.1) is 0 Å². The molecular formula is C20H19F3N6O. The quantitative estimate of drug-likeness (QED) is 0.633. The predicted octanol–water partition coefficient (Wildman–Crippen LogP) is 3.20. The number of aliphatic hydroxyl groups excluding tert-OH is 1. The molecule has 3 heterocycles. The third-order valence-electron chi connectivity index (χ3n) is 4.85. The lowest BCUT2D eigenvalue weighted by atomic mass is 10.1. The van der Waals surface area contributed by atoms with Gasteiger partial charge >= 0.3 is 6.18 Å². The Kier molecular flexibility index (Phi) is 5.17. The van der Waals surface area contributed by atoms with E-state index in [0.717, 1.165) is 17.8 Å². The minimum atomic E-state index is -4.44. The molecule has 3 aromatic rings. The summed E-state index contributed by atoms with van der Waals surface area (Å²) >= 11 is 0. The summed E-state index contributed by atoms with van der Waals surface area (Å²) in [6.07, 6.45) is -1.12. The first-order valence-corrected chi connectivity index (χ1v) is 9.19. The van der Waals surface area contributed by atoms with E-state index in [1.54, 1.807) is 23.1 Å². The largest absolute Gasteiger partial charge is 0.416 e. The third-order valence-corrected chi connectivity index (χ3v) is 4.85. The smallest absolute Gasteiger partial charge is 0.370 e. The number of nitrogens with one attached hydrogen (secondary N) is 1. The molecule has 7 nitrogen and oxygen atoms in total. The number of aliphatic hydroxyl groups is 1. The number of anilines is 3. The van der Waals surface area contributed by atoms with Crippen molar-refractivity contribution in [1.29, 1.82) is 0 Å². The van der Waals surface area contributed by atoms with Crippen LogP contribution in [0.3, 0.4) is 0 Å². The van der Waals surface area contributed by atoms with Gasteiger partial charge in [0.1, 0.15) is 6.33 Å². The van der Waals surface area contributed by atoms with Crippen LogP contribution in [0.1, 0.15) is 5.56 Å². The number of alkyl halides is 3. The second kappa shape index (κ2) is 7.79. The Bertz CT molecular complexity index is 1030. The molecule has 1 aliphatic heterocycles. The molecule has 0 amide bonds. The SMILES string of the molecule is CN1CCN(C(O)Nc2cncnc2)c2nc(-c3cccc(C(F)(F)F)c3)ccc21. The maximum atomic E-state index is 13.1. The van der Waals surface area contributed by atoms with Crippen molar-refractivity contribution in [3.63, 3.8) is 0 Å². The molecular weight excluding hydrogens is 397 g/mol. The predicted molar refractivity (Wildman–Crippen MR) is 107 cm³/mol. The molecule has 0 saturated carbocycles. The Balaban J connectivity index is 1.69. The van der Waals surface area contributed by atoms with E-state index < -0.39 is 18.1 Å². The van der Waals surface area contributed by atoms with Gasteiger partial charge in [0.25, 0.3) is 0 Å². The van der Waals surface area contributed by atoms with Crippen LogP contribution in [0.25, 0.3) is 11.3 Å². The van der Waals surface area contributed by atoms with Gasteiger partial charge in [0, 0.05) is 25.7 Å². The van der Waals surface area contributed by atoms with E-state index in [1.165, 1.54) is 24.8 Å². The number of rotatable bonds is 4. The summed E-state index contributed by atoms with van der Waals surface area (Å²) < 4.78 is 39.3. The molecule has 0 aliphatic carbocycles. The van der Waals surface area contributed by atoms with Crippen LogP contribution in [0.5, 0.6) is 0 Å². The topological polar surface area (TPSA) is 77.4 Å². The van der Waals surface area contributed by atoms with E-state index in [0.29, 0.717) is 35.9 Å². The minimum absolute atomic E-state index is 0.347. The van der Waals surface area contributed by atoms with E-state index in [4.69, 9.17) is 0 Å². The van der Waals surface area contributed by atoms with E-state index in [1.807, 2.05) is 11.9 Å². The van der Waals surface area contributed by atoms with Crippen molar-refractivity contribution in [1.82, 2.24) is 15.0 Å².